The highest BCUT2D eigenvalue weighted by Gasteiger charge is 2.17. The van der Waals surface area contributed by atoms with E-state index in [2.05, 4.69) is 10.3 Å². The molecule has 2 amide bonds. The number of benzene rings is 2. The molecule has 2 aromatic carbocycles. The largest absolute Gasteiger partial charge is 0.366 e. The zero-order valence-corrected chi connectivity index (χ0v) is 19.2. The molecule has 7 nitrogen and oxygen atoms in total. The first-order valence-electron chi connectivity index (χ1n) is 9.43. The van der Waals surface area contributed by atoms with E-state index in [4.69, 9.17) is 17.3 Å². The fourth-order valence-electron chi connectivity index (χ4n) is 3.12. The lowest BCUT2D eigenvalue weighted by atomic mass is 10.2. The maximum Gasteiger partial charge on any atom is 0.266 e. The van der Waals surface area contributed by atoms with Crippen molar-refractivity contribution in [2.45, 2.75) is 12.1 Å². The van der Waals surface area contributed by atoms with Crippen molar-refractivity contribution in [3.8, 4) is 5.69 Å². The first-order chi connectivity index (χ1) is 15.3. The average molecular weight is 485 g/mol. The first kappa shape index (κ1) is 22.1. The van der Waals surface area contributed by atoms with Crippen LogP contribution >= 0.6 is 34.7 Å². The molecule has 0 saturated carbocycles. The Balaban J connectivity index is 1.70. The monoisotopic (exact) mass is 484 g/mol. The van der Waals surface area contributed by atoms with E-state index in [1.807, 2.05) is 31.2 Å². The standard InChI is InChI=1S/C22H17ClN4O3S2/c1-12-3-2-4-14(9-12)27-21(30)15-6-5-13(23)10-17(15)25-22(27)32-11-18(28)26-20-16(19(24)29)7-8-31-20/h2-10H,11H2,1H3,(H2,24,29)(H,26,28). The molecule has 0 aliphatic rings. The maximum absolute atomic E-state index is 13.3. The molecule has 0 spiro atoms. The van der Waals surface area contributed by atoms with Gasteiger partial charge in [-0.25, -0.2) is 4.98 Å². The molecular formula is C22H17ClN4O3S2. The Morgan fingerprint density at radius 2 is 2.03 bits per heavy atom. The molecule has 0 aliphatic heterocycles. The summed E-state index contributed by atoms with van der Waals surface area (Å²) >= 11 is 8.41. The van der Waals surface area contributed by atoms with Gasteiger partial charge in [-0.3, -0.25) is 19.0 Å². The minimum Gasteiger partial charge on any atom is -0.366 e. The van der Waals surface area contributed by atoms with Crippen LogP contribution in [-0.4, -0.2) is 27.1 Å². The minimum absolute atomic E-state index is 0.0274. The topological polar surface area (TPSA) is 107 Å². The van der Waals surface area contributed by atoms with Gasteiger partial charge < -0.3 is 11.1 Å². The molecule has 3 N–H and O–H groups in total. The average Bonchev–Trinajstić information content (AvgIpc) is 3.20. The Labute approximate surface area is 196 Å². The molecular weight excluding hydrogens is 468 g/mol. The minimum atomic E-state index is -0.615. The van der Waals surface area contributed by atoms with Crippen LogP contribution in [0.5, 0.6) is 0 Å². The molecule has 4 aromatic rings. The summed E-state index contributed by atoms with van der Waals surface area (Å²) < 4.78 is 1.49. The third-order valence-corrected chi connectivity index (χ3v) is 6.58. The Morgan fingerprint density at radius 1 is 1.22 bits per heavy atom. The van der Waals surface area contributed by atoms with E-state index in [1.54, 1.807) is 29.6 Å². The summed E-state index contributed by atoms with van der Waals surface area (Å²) in [6.45, 7) is 1.93. The molecule has 0 atom stereocenters. The Bertz CT molecular complexity index is 1410. The smallest absolute Gasteiger partial charge is 0.266 e. The van der Waals surface area contributed by atoms with E-state index in [9.17, 15) is 14.4 Å². The van der Waals surface area contributed by atoms with Crippen LogP contribution in [0.4, 0.5) is 5.00 Å². The third-order valence-electron chi connectivity index (χ3n) is 4.58. The lowest BCUT2D eigenvalue weighted by Crippen LogP contribution is -2.23. The van der Waals surface area contributed by atoms with Crippen molar-refractivity contribution in [2.24, 2.45) is 5.73 Å². The number of nitrogens with zero attached hydrogens (tertiary/aromatic N) is 2. The molecule has 2 heterocycles. The SMILES string of the molecule is Cc1cccc(-n2c(SCC(=O)Nc3sccc3C(N)=O)nc3cc(Cl)ccc3c2=O)c1. The molecule has 32 heavy (non-hydrogen) atoms. The highest BCUT2D eigenvalue weighted by atomic mass is 35.5. The van der Waals surface area contributed by atoms with Gasteiger partial charge in [-0.2, -0.15) is 0 Å². The Kier molecular flexibility index (Phi) is 6.31. The zero-order valence-electron chi connectivity index (χ0n) is 16.8. The number of aryl methyl sites for hydroxylation is 1. The summed E-state index contributed by atoms with van der Waals surface area (Å²) in [5.74, 6) is -0.993. The first-order valence-corrected chi connectivity index (χ1v) is 11.7. The zero-order chi connectivity index (χ0) is 22.8. The van der Waals surface area contributed by atoms with Crippen LogP contribution in [0.25, 0.3) is 16.6 Å². The number of amides is 2. The summed E-state index contributed by atoms with van der Waals surface area (Å²) in [6, 6.07) is 13.9. The Morgan fingerprint density at radius 3 is 2.78 bits per heavy atom. The normalized spacial score (nSPS) is 10.9. The third kappa shape index (κ3) is 4.55. The number of nitrogens with two attached hydrogens (primary N) is 1. The number of carbonyl (C=O) groups is 2. The van der Waals surface area contributed by atoms with Crippen LogP contribution in [0.3, 0.4) is 0 Å². The molecule has 0 fully saturated rings. The van der Waals surface area contributed by atoms with Crippen LogP contribution < -0.4 is 16.6 Å². The molecule has 10 heteroatoms. The number of nitrogens with one attached hydrogen (secondary N) is 1. The van der Waals surface area contributed by atoms with Gasteiger partial charge in [0.1, 0.15) is 5.00 Å². The second-order valence-corrected chi connectivity index (χ2v) is 9.19. The number of primary amides is 1. The van der Waals surface area contributed by atoms with Crippen molar-refractivity contribution >= 4 is 62.4 Å². The number of thiophene rings is 1. The molecule has 2 aromatic heterocycles. The quantitative estimate of drug-likeness (QED) is 0.314. The van der Waals surface area contributed by atoms with Crippen molar-refractivity contribution in [1.29, 1.82) is 0 Å². The summed E-state index contributed by atoms with van der Waals surface area (Å²) in [6.07, 6.45) is 0. The lowest BCUT2D eigenvalue weighted by Gasteiger charge is -2.14. The van der Waals surface area contributed by atoms with Crippen LogP contribution in [0.1, 0.15) is 15.9 Å². The predicted molar refractivity (Wildman–Crippen MR) is 129 cm³/mol. The van der Waals surface area contributed by atoms with Gasteiger partial charge in [0.25, 0.3) is 11.5 Å². The van der Waals surface area contributed by atoms with E-state index in [-0.39, 0.29) is 22.8 Å². The number of anilines is 1. The molecule has 0 radical (unpaired) electrons. The molecule has 0 unspecified atom stereocenters. The highest BCUT2D eigenvalue weighted by Crippen LogP contribution is 2.26. The Hall–Kier alpha value is -3.14. The van der Waals surface area contributed by atoms with Crippen LogP contribution in [-0.2, 0) is 4.79 Å². The summed E-state index contributed by atoms with van der Waals surface area (Å²) in [5, 5.41) is 5.99. The number of carbonyl (C=O) groups excluding carboxylic acids is 2. The summed E-state index contributed by atoms with van der Waals surface area (Å²) in [5.41, 5.74) is 7.41. The number of halogens is 1. The second kappa shape index (κ2) is 9.15. The molecule has 0 aliphatic carbocycles. The number of rotatable bonds is 6. The van der Waals surface area contributed by atoms with Crippen LogP contribution in [0.15, 0.2) is 63.9 Å². The van der Waals surface area contributed by atoms with Gasteiger partial charge in [-0.15, -0.1) is 11.3 Å². The van der Waals surface area contributed by atoms with Crippen molar-refractivity contribution in [3.05, 3.63) is 80.4 Å². The van der Waals surface area contributed by atoms with E-state index in [0.717, 1.165) is 17.3 Å². The lowest BCUT2D eigenvalue weighted by molar-refractivity contribution is -0.113. The maximum atomic E-state index is 13.3. The van der Waals surface area contributed by atoms with Gasteiger partial charge in [0.15, 0.2) is 5.16 Å². The molecule has 0 saturated heterocycles. The number of thioether (sulfide) groups is 1. The van der Waals surface area contributed by atoms with Crippen molar-refractivity contribution < 1.29 is 9.59 Å². The van der Waals surface area contributed by atoms with Gasteiger partial charge in [0, 0.05) is 5.02 Å². The van der Waals surface area contributed by atoms with Gasteiger partial charge >= 0.3 is 0 Å². The molecule has 162 valence electrons. The van der Waals surface area contributed by atoms with Gasteiger partial charge in [0.05, 0.1) is 27.9 Å². The molecule has 0 bridgehead atoms. The van der Waals surface area contributed by atoms with Crippen molar-refractivity contribution in [2.75, 3.05) is 11.1 Å². The number of hydrogen-bond donors (Lipinski definition) is 2. The molecule has 4 rings (SSSR count). The highest BCUT2D eigenvalue weighted by molar-refractivity contribution is 7.99. The van der Waals surface area contributed by atoms with E-state index >= 15 is 0 Å². The fourth-order valence-corrected chi connectivity index (χ4v) is 4.91. The van der Waals surface area contributed by atoms with Crippen molar-refractivity contribution in [3.63, 3.8) is 0 Å². The van der Waals surface area contributed by atoms with Crippen LogP contribution in [0, 0.1) is 6.92 Å². The van der Waals surface area contributed by atoms with E-state index in [1.165, 1.54) is 15.9 Å². The van der Waals surface area contributed by atoms with Gasteiger partial charge in [-0.1, -0.05) is 35.5 Å². The number of fused-ring (bicyclic) bond motifs is 1. The summed E-state index contributed by atoms with van der Waals surface area (Å²) in [7, 11) is 0. The predicted octanol–water partition coefficient (Wildman–Crippen LogP) is 4.24. The summed E-state index contributed by atoms with van der Waals surface area (Å²) in [4.78, 5) is 41.9. The van der Waals surface area contributed by atoms with Gasteiger partial charge in [-0.05, 0) is 54.3 Å². The fraction of sp³-hybridized carbons (Fsp3) is 0.0909. The number of hydrogen-bond acceptors (Lipinski definition) is 6. The van der Waals surface area contributed by atoms with Crippen molar-refractivity contribution in [1.82, 2.24) is 9.55 Å². The van der Waals surface area contributed by atoms with Gasteiger partial charge in [0.2, 0.25) is 5.91 Å². The second-order valence-electron chi connectivity index (χ2n) is 6.90. The van der Waals surface area contributed by atoms with E-state index < -0.39 is 5.91 Å². The number of aromatic nitrogens is 2. The van der Waals surface area contributed by atoms with Crippen LogP contribution in [0.2, 0.25) is 5.02 Å². The van der Waals surface area contributed by atoms with E-state index in [0.29, 0.717) is 31.8 Å².